The van der Waals surface area contributed by atoms with Gasteiger partial charge in [0, 0.05) is 19.3 Å². The Kier molecular flexibility index (Phi) is 4.07. The van der Waals surface area contributed by atoms with Crippen molar-refractivity contribution in [1.29, 1.82) is 0 Å². The summed E-state index contributed by atoms with van der Waals surface area (Å²) in [6.07, 6.45) is 0. The summed E-state index contributed by atoms with van der Waals surface area (Å²) in [7, 11) is -1.98. The molecule has 5 nitrogen and oxygen atoms in total. The van der Waals surface area contributed by atoms with Crippen molar-refractivity contribution in [2.75, 3.05) is 25.6 Å². The van der Waals surface area contributed by atoms with Crippen LogP contribution in [0.5, 0.6) is 0 Å². The number of primary sulfonamides is 1. The molecule has 3 N–H and O–H groups in total. The molecule has 0 aromatic heterocycles. The molecule has 0 aliphatic heterocycles. The molecule has 0 fully saturated rings. The molecule has 1 aromatic carbocycles. The molecule has 1 aromatic rings. The predicted octanol–water partition coefficient (Wildman–Crippen LogP) is 0.392. The minimum atomic E-state index is -3.60. The van der Waals surface area contributed by atoms with Crippen LogP contribution in [0, 0.1) is 0 Å². The average molecular weight is 230 g/mol. The van der Waals surface area contributed by atoms with Crippen LogP contribution in [0.25, 0.3) is 0 Å². The van der Waals surface area contributed by atoms with E-state index in [9.17, 15) is 8.42 Å². The zero-order valence-corrected chi connectivity index (χ0v) is 9.25. The van der Waals surface area contributed by atoms with E-state index in [1.807, 2.05) is 0 Å². The second kappa shape index (κ2) is 5.11. The summed E-state index contributed by atoms with van der Waals surface area (Å²) < 4.78 is 26.7. The van der Waals surface area contributed by atoms with Crippen LogP contribution in [-0.4, -0.2) is 28.7 Å². The molecule has 0 bridgehead atoms. The van der Waals surface area contributed by atoms with Crippen LogP contribution in [0.1, 0.15) is 0 Å². The van der Waals surface area contributed by atoms with Crippen molar-refractivity contribution < 1.29 is 13.2 Å². The topological polar surface area (TPSA) is 81.4 Å². The van der Waals surface area contributed by atoms with Gasteiger partial charge in [-0.1, -0.05) is 0 Å². The van der Waals surface area contributed by atoms with Gasteiger partial charge in [0.15, 0.2) is 0 Å². The highest BCUT2D eigenvalue weighted by atomic mass is 32.2. The van der Waals surface area contributed by atoms with Crippen molar-refractivity contribution in [3.05, 3.63) is 24.3 Å². The lowest BCUT2D eigenvalue weighted by atomic mass is 10.3. The predicted molar refractivity (Wildman–Crippen MR) is 58.2 cm³/mol. The molecular weight excluding hydrogens is 216 g/mol. The van der Waals surface area contributed by atoms with Crippen molar-refractivity contribution in [3.63, 3.8) is 0 Å². The lowest BCUT2D eigenvalue weighted by Crippen LogP contribution is -2.12. The molecule has 0 aliphatic rings. The lowest BCUT2D eigenvalue weighted by Gasteiger charge is -2.05. The van der Waals surface area contributed by atoms with Crippen molar-refractivity contribution in [3.8, 4) is 0 Å². The van der Waals surface area contributed by atoms with Crippen molar-refractivity contribution in [1.82, 2.24) is 0 Å². The third-order valence-electron chi connectivity index (χ3n) is 1.82. The number of methoxy groups -OCH3 is 1. The van der Waals surface area contributed by atoms with E-state index >= 15 is 0 Å². The van der Waals surface area contributed by atoms with Crippen molar-refractivity contribution in [2.45, 2.75) is 4.90 Å². The Morgan fingerprint density at radius 3 is 2.40 bits per heavy atom. The van der Waals surface area contributed by atoms with Gasteiger partial charge in [0.1, 0.15) is 0 Å². The van der Waals surface area contributed by atoms with Gasteiger partial charge in [-0.2, -0.15) is 0 Å². The molecule has 0 heterocycles. The van der Waals surface area contributed by atoms with E-state index in [-0.39, 0.29) is 4.90 Å². The SMILES string of the molecule is COCCNc1ccc(S(N)(=O)=O)cc1. The lowest BCUT2D eigenvalue weighted by molar-refractivity contribution is 0.211. The summed E-state index contributed by atoms with van der Waals surface area (Å²) in [6.45, 7) is 1.27. The highest BCUT2D eigenvalue weighted by molar-refractivity contribution is 7.89. The van der Waals surface area contributed by atoms with Gasteiger partial charge in [-0.15, -0.1) is 0 Å². The smallest absolute Gasteiger partial charge is 0.238 e. The first kappa shape index (κ1) is 12.0. The molecule has 0 unspecified atom stereocenters. The van der Waals surface area contributed by atoms with Gasteiger partial charge < -0.3 is 10.1 Å². The van der Waals surface area contributed by atoms with Crippen LogP contribution in [0.4, 0.5) is 5.69 Å². The van der Waals surface area contributed by atoms with Gasteiger partial charge in [0.25, 0.3) is 0 Å². The van der Waals surface area contributed by atoms with E-state index in [0.717, 1.165) is 5.69 Å². The van der Waals surface area contributed by atoms with Crippen LogP contribution >= 0.6 is 0 Å². The molecule has 0 radical (unpaired) electrons. The van der Waals surface area contributed by atoms with Crippen LogP contribution in [0.2, 0.25) is 0 Å². The van der Waals surface area contributed by atoms with Gasteiger partial charge in [0.05, 0.1) is 11.5 Å². The Bertz CT molecular complexity index is 400. The molecule has 0 amide bonds. The van der Waals surface area contributed by atoms with E-state index in [2.05, 4.69) is 5.32 Å². The summed E-state index contributed by atoms with van der Waals surface area (Å²) in [6, 6.07) is 6.25. The fourth-order valence-corrected chi connectivity index (χ4v) is 1.58. The number of sulfonamides is 1. The number of nitrogens with one attached hydrogen (secondary N) is 1. The number of nitrogens with two attached hydrogens (primary N) is 1. The van der Waals surface area contributed by atoms with Gasteiger partial charge in [-0.05, 0) is 24.3 Å². The van der Waals surface area contributed by atoms with Gasteiger partial charge in [-0.3, -0.25) is 0 Å². The molecule has 84 valence electrons. The largest absolute Gasteiger partial charge is 0.383 e. The minimum absolute atomic E-state index is 0.111. The van der Waals surface area contributed by atoms with Gasteiger partial charge >= 0.3 is 0 Å². The van der Waals surface area contributed by atoms with Crippen molar-refractivity contribution >= 4 is 15.7 Å². The summed E-state index contributed by atoms with van der Waals surface area (Å²) in [5.41, 5.74) is 0.833. The van der Waals surface area contributed by atoms with E-state index in [1.165, 1.54) is 12.1 Å². The molecule has 1 rings (SSSR count). The maximum atomic E-state index is 10.9. The molecule has 6 heteroatoms. The van der Waals surface area contributed by atoms with Crippen LogP contribution in [0.3, 0.4) is 0 Å². The average Bonchev–Trinajstić information content (AvgIpc) is 2.18. The Hall–Kier alpha value is -1.11. The Morgan fingerprint density at radius 2 is 1.93 bits per heavy atom. The van der Waals surface area contributed by atoms with Crippen LogP contribution in [0.15, 0.2) is 29.2 Å². The molecular formula is C9H14N2O3S. The monoisotopic (exact) mass is 230 g/mol. The first-order chi connectivity index (χ1) is 7.04. The molecule has 15 heavy (non-hydrogen) atoms. The third-order valence-corrected chi connectivity index (χ3v) is 2.75. The fraction of sp³-hybridized carbons (Fsp3) is 0.333. The third kappa shape index (κ3) is 3.86. The zero-order chi connectivity index (χ0) is 11.3. The second-order valence-electron chi connectivity index (χ2n) is 2.99. The first-order valence-corrected chi connectivity index (χ1v) is 5.94. The number of rotatable bonds is 5. The Labute approximate surface area is 89.3 Å². The zero-order valence-electron chi connectivity index (χ0n) is 8.43. The normalized spacial score (nSPS) is 11.3. The van der Waals surface area contributed by atoms with E-state index < -0.39 is 10.0 Å². The first-order valence-electron chi connectivity index (χ1n) is 4.40. The maximum absolute atomic E-state index is 10.9. The fourth-order valence-electron chi connectivity index (χ4n) is 1.06. The summed E-state index contributed by atoms with van der Waals surface area (Å²) in [5, 5.41) is 8.02. The molecule has 0 atom stereocenters. The highest BCUT2D eigenvalue weighted by Gasteiger charge is 2.05. The maximum Gasteiger partial charge on any atom is 0.238 e. The number of ether oxygens (including phenoxy) is 1. The van der Waals surface area contributed by atoms with Crippen LogP contribution in [-0.2, 0) is 14.8 Å². The van der Waals surface area contributed by atoms with E-state index in [4.69, 9.17) is 9.88 Å². The standard InChI is InChI=1S/C9H14N2O3S/c1-14-7-6-11-8-2-4-9(5-3-8)15(10,12)13/h2-5,11H,6-7H2,1H3,(H2,10,12,13). The molecule has 0 saturated carbocycles. The summed E-state index contributed by atoms with van der Waals surface area (Å²) in [5.74, 6) is 0. The van der Waals surface area contributed by atoms with E-state index in [1.54, 1.807) is 19.2 Å². The number of anilines is 1. The number of hydrogen-bond acceptors (Lipinski definition) is 4. The summed E-state index contributed by atoms with van der Waals surface area (Å²) >= 11 is 0. The molecule has 0 spiro atoms. The molecule has 0 saturated heterocycles. The molecule has 0 aliphatic carbocycles. The minimum Gasteiger partial charge on any atom is -0.383 e. The number of benzene rings is 1. The van der Waals surface area contributed by atoms with Crippen LogP contribution < -0.4 is 10.5 Å². The number of hydrogen-bond donors (Lipinski definition) is 2. The van der Waals surface area contributed by atoms with Gasteiger partial charge in [0.2, 0.25) is 10.0 Å². The van der Waals surface area contributed by atoms with Gasteiger partial charge in [-0.25, -0.2) is 13.6 Å². The Morgan fingerprint density at radius 1 is 1.33 bits per heavy atom. The van der Waals surface area contributed by atoms with Crippen molar-refractivity contribution in [2.24, 2.45) is 5.14 Å². The summed E-state index contributed by atoms with van der Waals surface area (Å²) in [4.78, 5) is 0.111. The van der Waals surface area contributed by atoms with E-state index in [0.29, 0.717) is 13.2 Å². The second-order valence-corrected chi connectivity index (χ2v) is 4.55. The quantitative estimate of drug-likeness (QED) is 0.717. The highest BCUT2D eigenvalue weighted by Crippen LogP contribution is 2.12. The Balaban J connectivity index is 2.65.